The lowest BCUT2D eigenvalue weighted by Gasteiger charge is -2.51. The molecule has 0 spiro atoms. The minimum atomic E-state index is -1.18. The molecule has 4 aromatic rings. The Morgan fingerprint density at radius 2 is 1.84 bits per heavy atom. The maximum atomic E-state index is 14.1. The zero-order valence-electron chi connectivity index (χ0n) is 20.8. The van der Waals surface area contributed by atoms with Gasteiger partial charge in [0.15, 0.2) is 5.54 Å². The maximum Gasteiger partial charge on any atom is 0.254 e. The summed E-state index contributed by atoms with van der Waals surface area (Å²) in [4.78, 5) is 34.6. The standard InChI is InChI=1S/C30H28FN3O3/c1-30-28-27(22-11-3-5-12-24(22)32-28)23(21-10-4-6-13-25(21)37-2)17-34(30)26(35)18-33(29(30)36)15-14-19-8-7-9-20(31)16-19/h3-13,16,23,32H,14-15,17-18H2,1-2H3/t23-,30-/m0/s1. The number of halogens is 1. The molecule has 1 N–H and O–H groups in total. The average Bonchev–Trinajstić information content (AvgIpc) is 3.31. The number of rotatable bonds is 5. The molecule has 2 amide bonds. The quantitative estimate of drug-likeness (QED) is 0.439. The Morgan fingerprint density at radius 3 is 2.65 bits per heavy atom. The molecule has 0 saturated carbocycles. The summed E-state index contributed by atoms with van der Waals surface area (Å²) >= 11 is 0. The summed E-state index contributed by atoms with van der Waals surface area (Å²) < 4.78 is 19.4. The van der Waals surface area contributed by atoms with Gasteiger partial charge in [-0.05, 0) is 48.7 Å². The minimum absolute atomic E-state index is 0.00204. The smallest absolute Gasteiger partial charge is 0.254 e. The fourth-order valence-electron chi connectivity index (χ4n) is 6.05. The number of H-pyrrole nitrogens is 1. The highest BCUT2D eigenvalue weighted by Gasteiger charge is 2.56. The Bertz CT molecular complexity index is 1530. The monoisotopic (exact) mass is 497 g/mol. The van der Waals surface area contributed by atoms with Gasteiger partial charge in [0.05, 0.1) is 19.3 Å². The van der Waals surface area contributed by atoms with E-state index in [4.69, 9.17) is 4.74 Å². The van der Waals surface area contributed by atoms with E-state index >= 15 is 0 Å². The van der Waals surface area contributed by atoms with Crippen molar-refractivity contribution in [3.8, 4) is 5.75 Å². The number of fused-ring (bicyclic) bond motifs is 5. The van der Waals surface area contributed by atoms with Crippen molar-refractivity contribution in [2.24, 2.45) is 0 Å². The van der Waals surface area contributed by atoms with E-state index in [1.54, 1.807) is 23.0 Å². The van der Waals surface area contributed by atoms with Crippen molar-refractivity contribution < 1.29 is 18.7 Å². The van der Waals surface area contributed by atoms with Gasteiger partial charge in [0, 0.05) is 35.5 Å². The molecule has 0 radical (unpaired) electrons. The first-order chi connectivity index (χ1) is 17.9. The van der Waals surface area contributed by atoms with Crippen molar-refractivity contribution in [3.63, 3.8) is 0 Å². The molecule has 0 aliphatic carbocycles. The molecule has 2 aliphatic rings. The molecule has 0 unspecified atom stereocenters. The highest BCUT2D eigenvalue weighted by atomic mass is 19.1. The van der Waals surface area contributed by atoms with Crippen molar-refractivity contribution >= 4 is 22.7 Å². The first kappa shape index (κ1) is 23.3. The summed E-state index contributed by atoms with van der Waals surface area (Å²) in [6, 6.07) is 22.2. The van der Waals surface area contributed by atoms with Gasteiger partial charge in [-0.25, -0.2) is 4.39 Å². The SMILES string of the molecule is COc1ccccc1[C@@H]1CN2C(=O)CN(CCc3cccc(F)c3)C(=O)[C@]2(C)c2[nH]c3ccccc3c21. The molecule has 6 nitrogen and oxygen atoms in total. The van der Waals surface area contributed by atoms with Crippen LogP contribution >= 0.6 is 0 Å². The van der Waals surface area contributed by atoms with Crippen LogP contribution in [0, 0.1) is 5.82 Å². The summed E-state index contributed by atoms with van der Waals surface area (Å²) in [6.07, 6.45) is 0.469. The van der Waals surface area contributed by atoms with Crippen LogP contribution in [0.4, 0.5) is 4.39 Å². The predicted octanol–water partition coefficient (Wildman–Crippen LogP) is 4.59. The fraction of sp³-hybridized carbons (Fsp3) is 0.267. The van der Waals surface area contributed by atoms with Gasteiger partial charge < -0.3 is 19.5 Å². The van der Waals surface area contributed by atoms with E-state index in [0.717, 1.165) is 39.0 Å². The van der Waals surface area contributed by atoms with Gasteiger partial charge in [0.1, 0.15) is 11.6 Å². The molecule has 1 aromatic heterocycles. The number of carbonyl (C=O) groups is 2. The third-order valence-corrected chi connectivity index (χ3v) is 7.89. The first-order valence-corrected chi connectivity index (χ1v) is 12.5. The number of piperazine rings is 1. The number of hydrogen-bond donors (Lipinski definition) is 1. The van der Waals surface area contributed by atoms with E-state index in [9.17, 15) is 14.0 Å². The Hall–Kier alpha value is -4.13. The molecule has 3 aromatic carbocycles. The molecule has 0 bridgehead atoms. The molecule has 2 atom stereocenters. The summed E-state index contributed by atoms with van der Waals surface area (Å²) in [6.45, 7) is 2.54. The highest BCUT2D eigenvalue weighted by Crippen LogP contribution is 2.49. The second-order valence-corrected chi connectivity index (χ2v) is 9.94. The number of para-hydroxylation sites is 2. The molecule has 37 heavy (non-hydrogen) atoms. The van der Waals surface area contributed by atoms with Crippen LogP contribution < -0.4 is 4.74 Å². The lowest BCUT2D eigenvalue weighted by atomic mass is 9.76. The lowest BCUT2D eigenvalue weighted by Crippen LogP contribution is -2.67. The number of methoxy groups -OCH3 is 1. The van der Waals surface area contributed by atoms with Crippen LogP contribution in [0.15, 0.2) is 72.8 Å². The third kappa shape index (κ3) is 3.60. The number of amides is 2. The second kappa shape index (κ2) is 8.76. The molecule has 2 aliphatic heterocycles. The number of carbonyl (C=O) groups excluding carboxylic acids is 2. The van der Waals surface area contributed by atoms with Gasteiger partial charge in [0.2, 0.25) is 5.91 Å². The van der Waals surface area contributed by atoms with E-state index in [1.807, 2.05) is 55.5 Å². The van der Waals surface area contributed by atoms with Crippen LogP contribution in [0.3, 0.4) is 0 Å². The maximum absolute atomic E-state index is 14.1. The Labute approximate surface area is 214 Å². The molecule has 1 fully saturated rings. The van der Waals surface area contributed by atoms with Gasteiger partial charge in [-0.2, -0.15) is 0 Å². The summed E-state index contributed by atoms with van der Waals surface area (Å²) in [7, 11) is 1.65. The number of hydrogen-bond acceptors (Lipinski definition) is 3. The van der Waals surface area contributed by atoms with Crippen LogP contribution in [-0.2, 0) is 21.5 Å². The number of nitrogens with zero attached hydrogens (tertiary/aromatic N) is 2. The molecule has 3 heterocycles. The van der Waals surface area contributed by atoms with Crippen LogP contribution in [0.5, 0.6) is 5.75 Å². The van der Waals surface area contributed by atoms with Crippen molar-refractivity contribution in [2.75, 3.05) is 26.7 Å². The van der Waals surface area contributed by atoms with E-state index < -0.39 is 5.54 Å². The molecular formula is C30H28FN3O3. The van der Waals surface area contributed by atoms with Crippen LogP contribution in [-0.4, -0.2) is 53.3 Å². The van der Waals surface area contributed by atoms with Gasteiger partial charge in [-0.1, -0.05) is 48.5 Å². The zero-order valence-corrected chi connectivity index (χ0v) is 20.8. The topological polar surface area (TPSA) is 65.6 Å². The van der Waals surface area contributed by atoms with E-state index in [0.29, 0.717) is 19.5 Å². The summed E-state index contributed by atoms with van der Waals surface area (Å²) in [5.74, 6) is 0.0419. The lowest BCUT2D eigenvalue weighted by molar-refractivity contribution is -0.166. The Balaban J connectivity index is 1.45. The van der Waals surface area contributed by atoms with Crippen molar-refractivity contribution in [1.29, 1.82) is 0 Å². The fourth-order valence-corrected chi connectivity index (χ4v) is 6.05. The largest absolute Gasteiger partial charge is 0.496 e. The van der Waals surface area contributed by atoms with E-state index in [1.165, 1.54) is 12.1 Å². The number of benzene rings is 3. The third-order valence-electron chi connectivity index (χ3n) is 7.89. The number of nitrogens with one attached hydrogen (secondary N) is 1. The van der Waals surface area contributed by atoms with Crippen molar-refractivity contribution in [2.45, 2.75) is 24.8 Å². The van der Waals surface area contributed by atoms with Gasteiger partial charge >= 0.3 is 0 Å². The second-order valence-electron chi connectivity index (χ2n) is 9.94. The minimum Gasteiger partial charge on any atom is -0.496 e. The average molecular weight is 498 g/mol. The van der Waals surface area contributed by atoms with Crippen LogP contribution in [0.1, 0.15) is 35.2 Å². The first-order valence-electron chi connectivity index (χ1n) is 12.5. The zero-order chi connectivity index (χ0) is 25.7. The highest BCUT2D eigenvalue weighted by molar-refractivity contribution is 6.01. The summed E-state index contributed by atoms with van der Waals surface area (Å²) in [5.41, 5.74) is 3.28. The molecule has 188 valence electrons. The number of ether oxygens (including phenoxy) is 1. The van der Waals surface area contributed by atoms with Crippen molar-refractivity contribution in [3.05, 3.63) is 101 Å². The molecule has 1 saturated heterocycles. The van der Waals surface area contributed by atoms with Gasteiger partial charge in [-0.15, -0.1) is 0 Å². The van der Waals surface area contributed by atoms with E-state index in [2.05, 4.69) is 11.1 Å². The number of aromatic nitrogens is 1. The predicted molar refractivity (Wildman–Crippen MR) is 139 cm³/mol. The molecule has 7 heteroatoms. The van der Waals surface area contributed by atoms with Gasteiger partial charge in [-0.3, -0.25) is 9.59 Å². The molecular weight excluding hydrogens is 469 g/mol. The van der Waals surface area contributed by atoms with E-state index in [-0.39, 0.29) is 30.1 Å². The van der Waals surface area contributed by atoms with Crippen LogP contribution in [0.2, 0.25) is 0 Å². The Morgan fingerprint density at radius 1 is 1.05 bits per heavy atom. The van der Waals surface area contributed by atoms with Gasteiger partial charge in [0.25, 0.3) is 5.91 Å². The Kier molecular flexibility index (Phi) is 5.51. The number of aromatic amines is 1. The van der Waals surface area contributed by atoms with Crippen LogP contribution in [0.25, 0.3) is 10.9 Å². The normalized spacial score (nSPS) is 21.2. The van der Waals surface area contributed by atoms with Crippen molar-refractivity contribution in [1.82, 2.24) is 14.8 Å². The summed E-state index contributed by atoms with van der Waals surface area (Å²) in [5, 5.41) is 1.03. The molecule has 6 rings (SSSR count).